The Balaban J connectivity index is 2.38. The Morgan fingerprint density at radius 1 is 1.19 bits per heavy atom. The van der Waals surface area contributed by atoms with E-state index in [1.807, 2.05) is 6.08 Å². The molecule has 4 atom stereocenters. The van der Waals surface area contributed by atoms with Crippen molar-refractivity contribution in [1.82, 2.24) is 0 Å². The molecule has 0 aromatic rings. The number of hydrogen-bond acceptors (Lipinski definition) is 4. The fourth-order valence-electron chi connectivity index (χ4n) is 3.56. The maximum atomic E-state index is 12.2. The number of hydrogen-bond donors (Lipinski definition) is 3. The number of aliphatic carboxylic acids is 1. The first-order valence-corrected chi connectivity index (χ1v) is 10.4. The number of Topliss-reactive ketones (excluding diaryl/α,β-unsaturated/α-hetero) is 1. The van der Waals surface area contributed by atoms with Gasteiger partial charge >= 0.3 is 5.97 Å². The van der Waals surface area contributed by atoms with Crippen LogP contribution in [0.3, 0.4) is 0 Å². The number of carbonyl (C=O) groups excluding carboxylic acids is 1. The number of carbonyl (C=O) groups is 2. The Morgan fingerprint density at radius 2 is 1.96 bits per heavy atom. The summed E-state index contributed by atoms with van der Waals surface area (Å²) < 4.78 is 0. The van der Waals surface area contributed by atoms with Gasteiger partial charge in [-0.25, -0.2) is 0 Å². The van der Waals surface area contributed by atoms with Crippen LogP contribution >= 0.6 is 0 Å². The van der Waals surface area contributed by atoms with Gasteiger partial charge in [-0.1, -0.05) is 56.9 Å². The number of aliphatic hydroxyl groups is 2. The molecule has 0 spiro atoms. The third-order valence-electron chi connectivity index (χ3n) is 5.22. The zero-order chi connectivity index (χ0) is 20.1. The number of carboxylic acids is 1. The molecule has 0 bridgehead atoms. The zero-order valence-corrected chi connectivity index (χ0v) is 16.6. The van der Waals surface area contributed by atoms with Crippen LogP contribution in [-0.2, 0) is 9.59 Å². The monoisotopic (exact) mass is 380 g/mol. The van der Waals surface area contributed by atoms with Gasteiger partial charge in [0.05, 0.1) is 12.2 Å². The van der Waals surface area contributed by atoms with E-state index in [0.29, 0.717) is 19.3 Å². The third-order valence-corrected chi connectivity index (χ3v) is 5.22. The number of ketones is 1. The van der Waals surface area contributed by atoms with Gasteiger partial charge in [0, 0.05) is 24.7 Å². The number of allylic oxidation sites excluding steroid dienone is 3. The minimum Gasteiger partial charge on any atom is -0.481 e. The molecule has 1 rings (SSSR count). The fourth-order valence-corrected chi connectivity index (χ4v) is 3.56. The number of aliphatic hydroxyl groups excluding tert-OH is 2. The molecule has 0 radical (unpaired) electrons. The van der Waals surface area contributed by atoms with Crippen LogP contribution in [0.25, 0.3) is 0 Å². The molecule has 0 amide bonds. The van der Waals surface area contributed by atoms with E-state index >= 15 is 0 Å². The summed E-state index contributed by atoms with van der Waals surface area (Å²) in [6, 6.07) is 0. The smallest absolute Gasteiger partial charge is 0.303 e. The van der Waals surface area contributed by atoms with Gasteiger partial charge in [0.1, 0.15) is 5.78 Å². The maximum absolute atomic E-state index is 12.2. The van der Waals surface area contributed by atoms with E-state index in [-0.39, 0.29) is 30.5 Å². The summed E-state index contributed by atoms with van der Waals surface area (Å²) in [7, 11) is 0. The molecule has 0 saturated heterocycles. The highest BCUT2D eigenvalue weighted by atomic mass is 16.4. The molecule has 5 nitrogen and oxygen atoms in total. The van der Waals surface area contributed by atoms with Crippen LogP contribution in [0.15, 0.2) is 24.3 Å². The molecule has 27 heavy (non-hydrogen) atoms. The molecule has 1 aliphatic carbocycles. The summed E-state index contributed by atoms with van der Waals surface area (Å²) in [5.41, 5.74) is 0. The fraction of sp³-hybridized carbons (Fsp3) is 0.727. The van der Waals surface area contributed by atoms with Crippen LogP contribution in [0.1, 0.15) is 77.6 Å². The molecular weight excluding hydrogens is 344 g/mol. The highest BCUT2D eigenvalue weighted by molar-refractivity contribution is 5.86. The van der Waals surface area contributed by atoms with Crippen LogP contribution in [-0.4, -0.2) is 39.3 Å². The Labute approximate surface area is 163 Å². The van der Waals surface area contributed by atoms with Crippen molar-refractivity contribution in [2.45, 2.75) is 89.8 Å². The maximum Gasteiger partial charge on any atom is 0.303 e. The topological polar surface area (TPSA) is 94.8 Å². The van der Waals surface area contributed by atoms with Crippen LogP contribution in [0.4, 0.5) is 0 Å². The van der Waals surface area contributed by atoms with Crippen molar-refractivity contribution < 1.29 is 24.9 Å². The van der Waals surface area contributed by atoms with Gasteiger partial charge in [-0.2, -0.15) is 0 Å². The van der Waals surface area contributed by atoms with E-state index < -0.39 is 18.2 Å². The predicted octanol–water partition coefficient (Wildman–Crippen LogP) is 4.03. The molecule has 0 aliphatic heterocycles. The average molecular weight is 381 g/mol. The molecule has 154 valence electrons. The molecule has 1 fully saturated rings. The van der Waals surface area contributed by atoms with Crippen molar-refractivity contribution >= 4 is 11.8 Å². The normalized spacial score (nSPS) is 24.3. The molecule has 1 saturated carbocycles. The predicted molar refractivity (Wildman–Crippen MR) is 106 cm³/mol. The van der Waals surface area contributed by atoms with Crippen molar-refractivity contribution in [3.63, 3.8) is 0 Å². The average Bonchev–Trinajstić information content (AvgIpc) is 2.88. The van der Waals surface area contributed by atoms with Crippen molar-refractivity contribution in [2.75, 3.05) is 0 Å². The van der Waals surface area contributed by atoms with Crippen LogP contribution < -0.4 is 0 Å². The molecule has 0 heterocycles. The summed E-state index contributed by atoms with van der Waals surface area (Å²) in [6.07, 6.45) is 14.8. The Bertz CT molecular complexity index is 497. The number of carboxylic acid groups (broad SMARTS) is 1. The second-order valence-electron chi connectivity index (χ2n) is 7.58. The Kier molecular flexibility index (Phi) is 11.9. The Morgan fingerprint density at radius 3 is 2.67 bits per heavy atom. The summed E-state index contributed by atoms with van der Waals surface area (Å²) in [6.45, 7) is 2.12. The summed E-state index contributed by atoms with van der Waals surface area (Å²) in [4.78, 5) is 22.6. The van der Waals surface area contributed by atoms with Crippen LogP contribution in [0.5, 0.6) is 0 Å². The van der Waals surface area contributed by atoms with E-state index in [0.717, 1.165) is 38.5 Å². The molecule has 3 N–H and O–H groups in total. The van der Waals surface area contributed by atoms with Crippen molar-refractivity contribution in [3.05, 3.63) is 24.3 Å². The minimum absolute atomic E-state index is 0.0478. The van der Waals surface area contributed by atoms with Crippen LogP contribution in [0.2, 0.25) is 0 Å². The molecule has 0 aromatic carbocycles. The van der Waals surface area contributed by atoms with Gasteiger partial charge in [-0.05, 0) is 32.1 Å². The summed E-state index contributed by atoms with van der Waals surface area (Å²) in [5.74, 6) is -1.15. The highest BCUT2D eigenvalue weighted by Crippen LogP contribution is 2.33. The highest BCUT2D eigenvalue weighted by Gasteiger charge is 2.39. The molecule has 1 aliphatic rings. The third kappa shape index (κ3) is 9.87. The first kappa shape index (κ1) is 23.6. The van der Waals surface area contributed by atoms with Gasteiger partial charge in [0.2, 0.25) is 0 Å². The van der Waals surface area contributed by atoms with Crippen molar-refractivity contribution in [1.29, 1.82) is 0 Å². The van der Waals surface area contributed by atoms with Gasteiger partial charge in [-0.3, -0.25) is 9.59 Å². The quantitative estimate of drug-likeness (QED) is 0.312. The van der Waals surface area contributed by atoms with E-state index in [1.54, 1.807) is 12.2 Å². The zero-order valence-electron chi connectivity index (χ0n) is 16.6. The lowest BCUT2D eigenvalue weighted by molar-refractivity contribution is -0.137. The first-order valence-electron chi connectivity index (χ1n) is 10.4. The van der Waals surface area contributed by atoms with Crippen molar-refractivity contribution in [3.8, 4) is 0 Å². The number of rotatable bonds is 14. The lowest BCUT2D eigenvalue weighted by Gasteiger charge is -2.17. The van der Waals surface area contributed by atoms with Gasteiger partial charge in [0.15, 0.2) is 0 Å². The largest absolute Gasteiger partial charge is 0.481 e. The molecular formula is C22H36O5. The van der Waals surface area contributed by atoms with Gasteiger partial charge in [0.25, 0.3) is 0 Å². The second kappa shape index (κ2) is 13.7. The second-order valence-corrected chi connectivity index (χ2v) is 7.58. The summed E-state index contributed by atoms with van der Waals surface area (Å²) >= 11 is 0. The van der Waals surface area contributed by atoms with E-state index in [9.17, 15) is 19.8 Å². The first-order chi connectivity index (χ1) is 13.0. The van der Waals surface area contributed by atoms with E-state index in [1.165, 1.54) is 0 Å². The standard InChI is InChI=1S/C22H36O5/c1-2-3-8-11-17(23)14-15-19-18(20(24)16-21(19)25)12-9-6-4-5-7-10-13-22(26)27/h6,9,14-15,17-20,23-24H,2-5,7-8,10-13,16H2,1H3,(H,26,27)/b9-6-,15-14+/t17-,18+,19?,20-/m0/s1. The number of unbranched alkanes of at least 4 members (excludes halogenated alkanes) is 5. The van der Waals surface area contributed by atoms with Crippen molar-refractivity contribution in [2.24, 2.45) is 11.8 Å². The van der Waals surface area contributed by atoms with Crippen LogP contribution in [0, 0.1) is 11.8 Å². The molecule has 0 aromatic heterocycles. The van der Waals surface area contributed by atoms with Gasteiger partial charge in [-0.15, -0.1) is 0 Å². The molecule has 1 unspecified atom stereocenters. The minimum atomic E-state index is -0.750. The summed E-state index contributed by atoms with van der Waals surface area (Å²) in [5, 5.41) is 28.8. The van der Waals surface area contributed by atoms with E-state index in [2.05, 4.69) is 13.0 Å². The lowest BCUT2D eigenvalue weighted by Crippen LogP contribution is -2.19. The Hall–Kier alpha value is -1.46. The van der Waals surface area contributed by atoms with Gasteiger partial charge < -0.3 is 15.3 Å². The lowest BCUT2D eigenvalue weighted by atomic mass is 9.90. The SMILES string of the molecule is CCCCC[C@H](O)/C=C/C1C(=O)C[C@H](O)[C@@H]1C/C=C\CCCCCC(=O)O. The molecule has 5 heteroatoms. The van der Waals surface area contributed by atoms with E-state index in [4.69, 9.17) is 5.11 Å².